The summed E-state index contributed by atoms with van der Waals surface area (Å²) in [6, 6.07) is 5.87. The Morgan fingerprint density at radius 1 is 1.25 bits per heavy atom. The SMILES string of the molecule is CCOC(=O)C1=C(COc2ccccc2C(C)=O)NC(=O)N[C@H]1C. The number of esters is 1. The van der Waals surface area contributed by atoms with Crippen LogP contribution in [0.3, 0.4) is 0 Å². The molecule has 0 fully saturated rings. The highest BCUT2D eigenvalue weighted by atomic mass is 16.5. The lowest BCUT2D eigenvalue weighted by Gasteiger charge is -2.26. The first-order valence-corrected chi connectivity index (χ1v) is 7.64. The second-order valence-electron chi connectivity index (χ2n) is 5.27. The van der Waals surface area contributed by atoms with Gasteiger partial charge >= 0.3 is 12.0 Å². The lowest BCUT2D eigenvalue weighted by Crippen LogP contribution is -2.50. The van der Waals surface area contributed by atoms with Crippen LogP contribution in [0, 0.1) is 0 Å². The molecule has 0 aromatic heterocycles. The molecule has 0 saturated carbocycles. The zero-order valence-electron chi connectivity index (χ0n) is 13.8. The van der Waals surface area contributed by atoms with E-state index in [1.807, 2.05) is 0 Å². The summed E-state index contributed by atoms with van der Waals surface area (Å²) in [5.74, 6) is -0.259. The Morgan fingerprint density at radius 2 is 1.96 bits per heavy atom. The summed E-state index contributed by atoms with van der Waals surface area (Å²) in [5.41, 5.74) is 1.06. The number of rotatable bonds is 6. The fourth-order valence-corrected chi connectivity index (χ4v) is 2.43. The molecule has 0 bridgehead atoms. The lowest BCUT2D eigenvalue weighted by atomic mass is 10.0. The van der Waals surface area contributed by atoms with E-state index in [9.17, 15) is 14.4 Å². The third kappa shape index (κ3) is 3.92. The quantitative estimate of drug-likeness (QED) is 0.612. The van der Waals surface area contributed by atoms with Crippen molar-refractivity contribution >= 4 is 17.8 Å². The molecule has 1 aromatic carbocycles. The number of benzene rings is 1. The van der Waals surface area contributed by atoms with Crippen molar-refractivity contribution in [3.05, 3.63) is 41.1 Å². The molecule has 24 heavy (non-hydrogen) atoms. The molecule has 2 N–H and O–H groups in total. The molecule has 0 radical (unpaired) electrons. The van der Waals surface area contributed by atoms with E-state index >= 15 is 0 Å². The van der Waals surface area contributed by atoms with Gasteiger partial charge in [0.05, 0.1) is 29.5 Å². The number of hydrogen-bond acceptors (Lipinski definition) is 5. The minimum Gasteiger partial charge on any atom is -0.487 e. The van der Waals surface area contributed by atoms with Gasteiger partial charge in [-0.1, -0.05) is 12.1 Å². The Bertz CT molecular complexity index is 696. The van der Waals surface area contributed by atoms with E-state index < -0.39 is 18.0 Å². The number of nitrogens with one attached hydrogen (secondary N) is 2. The predicted molar refractivity (Wildman–Crippen MR) is 86.7 cm³/mol. The Balaban J connectivity index is 2.27. The molecule has 7 nitrogen and oxygen atoms in total. The molecule has 7 heteroatoms. The summed E-state index contributed by atoms with van der Waals surface area (Å²) in [5, 5.41) is 5.18. The molecule has 0 unspecified atom stereocenters. The van der Waals surface area contributed by atoms with Crippen molar-refractivity contribution in [3.8, 4) is 5.75 Å². The largest absolute Gasteiger partial charge is 0.487 e. The third-order valence-corrected chi connectivity index (χ3v) is 3.50. The van der Waals surface area contributed by atoms with Crippen LogP contribution in [-0.4, -0.2) is 37.0 Å². The summed E-state index contributed by atoms with van der Waals surface area (Å²) >= 11 is 0. The molecule has 1 heterocycles. The number of ether oxygens (including phenoxy) is 2. The Hall–Kier alpha value is -2.83. The first kappa shape index (κ1) is 17.5. The lowest BCUT2D eigenvalue weighted by molar-refractivity contribution is -0.139. The van der Waals surface area contributed by atoms with Crippen LogP contribution in [-0.2, 0) is 9.53 Å². The van der Waals surface area contributed by atoms with E-state index in [1.54, 1.807) is 38.1 Å². The average molecular weight is 332 g/mol. The molecule has 128 valence electrons. The van der Waals surface area contributed by atoms with Gasteiger partial charge in [-0.15, -0.1) is 0 Å². The van der Waals surface area contributed by atoms with E-state index in [0.29, 0.717) is 22.6 Å². The molecular weight excluding hydrogens is 312 g/mol. The van der Waals surface area contributed by atoms with Gasteiger partial charge in [0.25, 0.3) is 0 Å². The molecular formula is C17H20N2O5. The number of carbonyl (C=O) groups is 3. The Morgan fingerprint density at radius 3 is 2.62 bits per heavy atom. The molecule has 0 spiro atoms. The highest BCUT2D eigenvalue weighted by Gasteiger charge is 2.30. The number of para-hydroxylation sites is 1. The number of hydrogen-bond donors (Lipinski definition) is 2. The van der Waals surface area contributed by atoms with E-state index in [-0.39, 0.29) is 19.0 Å². The zero-order valence-corrected chi connectivity index (χ0v) is 13.8. The van der Waals surface area contributed by atoms with E-state index in [4.69, 9.17) is 9.47 Å². The molecule has 1 atom stereocenters. The monoisotopic (exact) mass is 332 g/mol. The zero-order chi connectivity index (χ0) is 17.7. The van der Waals surface area contributed by atoms with Crippen LogP contribution in [0.4, 0.5) is 4.79 Å². The Kier molecular flexibility index (Phi) is 5.57. The van der Waals surface area contributed by atoms with Gasteiger partial charge in [0.15, 0.2) is 5.78 Å². The molecule has 1 aliphatic rings. The molecule has 2 rings (SSSR count). The van der Waals surface area contributed by atoms with E-state index in [2.05, 4.69) is 10.6 Å². The molecule has 0 saturated heterocycles. The molecule has 1 aliphatic heterocycles. The first-order valence-electron chi connectivity index (χ1n) is 7.64. The van der Waals surface area contributed by atoms with Crippen molar-refractivity contribution in [1.29, 1.82) is 0 Å². The van der Waals surface area contributed by atoms with Gasteiger partial charge < -0.3 is 20.1 Å². The summed E-state index contributed by atoms with van der Waals surface area (Å²) < 4.78 is 10.7. The van der Waals surface area contributed by atoms with Crippen molar-refractivity contribution in [2.45, 2.75) is 26.8 Å². The summed E-state index contributed by atoms with van der Waals surface area (Å²) in [6.07, 6.45) is 0. The van der Waals surface area contributed by atoms with Crippen molar-refractivity contribution in [2.24, 2.45) is 0 Å². The third-order valence-electron chi connectivity index (χ3n) is 3.50. The maximum absolute atomic E-state index is 12.1. The average Bonchev–Trinajstić information content (AvgIpc) is 2.52. The van der Waals surface area contributed by atoms with Crippen LogP contribution in [0.2, 0.25) is 0 Å². The van der Waals surface area contributed by atoms with Gasteiger partial charge in [0.1, 0.15) is 12.4 Å². The second kappa shape index (κ2) is 7.63. The van der Waals surface area contributed by atoms with Gasteiger partial charge in [0, 0.05) is 0 Å². The molecule has 0 aliphatic carbocycles. The smallest absolute Gasteiger partial charge is 0.338 e. The predicted octanol–water partition coefficient (Wildman–Crippen LogP) is 1.79. The number of Topliss-reactive ketones (excluding diaryl/α,β-unsaturated/α-hetero) is 1. The van der Waals surface area contributed by atoms with Gasteiger partial charge in [-0.2, -0.15) is 0 Å². The number of urea groups is 1. The van der Waals surface area contributed by atoms with Crippen LogP contribution in [0.25, 0.3) is 0 Å². The van der Waals surface area contributed by atoms with E-state index in [0.717, 1.165) is 0 Å². The van der Waals surface area contributed by atoms with Gasteiger partial charge in [-0.25, -0.2) is 9.59 Å². The molecule has 2 amide bonds. The summed E-state index contributed by atoms with van der Waals surface area (Å²) in [4.78, 5) is 35.4. The topological polar surface area (TPSA) is 93.7 Å². The Labute approximate surface area is 140 Å². The highest BCUT2D eigenvalue weighted by molar-refractivity contribution is 5.97. The van der Waals surface area contributed by atoms with Gasteiger partial charge in [-0.3, -0.25) is 4.79 Å². The minimum absolute atomic E-state index is 0.0593. The standard InChI is InChI=1S/C17H20N2O5/c1-4-23-16(21)15-10(2)18-17(22)19-13(15)9-24-14-8-6-5-7-12(14)11(3)20/h5-8,10H,4,9H2,1-3H3,(H2,18,19,22)/t10-/m0/s1. The fraction of sp³-hybridized carbons (Fsp3) is 0.353. The van der Waals surface area contributed by atoms with Gasteiger partial charge in [0.2, 0.25) is 0 Å². The van der Waals surface area contributed by atoms with E-state index in [1.165, 1.54) is 6.92 Å². The van der Waals surface area contributed by atoms with Crippen molar-refractivity contribution in [3.63, 3.8) is 0 Å². The van der Waals surface area contributed by atoms with Gasteiger partial charge in [-0.05, 0) is 32.9 Å². The summed E-state index contributed by atoms with van der Waals surface area (Å²) in [6.45, 7) is 5.01. The molecule has 1 aromatic rings. The van der Waals surface area contributed by atoms with Crippen LogP contribution >= 0.6 is 0 Å². The maximum atomic E-state index is 12.1. The first-order chi connectivity index (χ1) is 11.4. The number of carbonyl (C=O) groups excluding carboxylic acids is 3. The van der Waals surface area contributed by atoms with Crippen LogP contribution in [0.5, 0.6) is 5.75 Å². The maximum Gasteiger partial charge on any atom is 0.338 e. The number of amides is 2. The van der Waals surface area contributed by atoms with Crippen molar-refractivity contribution < 1.29 is 23.9 Å². The highest BCUT2D eigenvalue weighted by Crippen LogP contribution is 2.21. The van der Waals surface area contributed by atoms with Crippen LogP contribution in [0.15, 0.2) is 35.5 Å². The van der Waals surface area contributed by atoms with Crippen molar-refractivity contribution in [1.82, 2.24) is 10.6 Å². The van der Waals surface area contributed by atoms with Crippen LogP contribution < -0.4 is 15.4 Å². The summed E-state index contributed by atoms with van der Waals surface area (Å²) in [7, 11) is 0. The fourth-order valence-electron chi connectivity index (χ4n) is 2.43. The van der Waals surface area contributed by atoms with Crippen molar-refractivity contribution in [2.75, 3.05) is 13.2 Å². The normalized spacial score (nSPS) is 17.0. The van der Waals surface area contributed by atoms with Crippen LogP contribution in [0.1, 0.15) is 31.1 Å². The second-order valence-corrected chi connectivity index (χ2v) is 5.27. The minimum atomic E-state index is -0.518. The number of ketones is 1.